The normalized spacial score (nSPS) is 9.76. The van der Waals surface area contributed by atoms with Crippen LogP contribution in [0.3, 0.4) is 0 Å². The summed E-state index contributed by atoms with van der Waals surface area (Å²) in [5.41, 5.74) is 0.972. The second-order valence-corrected chi connectivity index (χ2v) is 4.36. The van der Waals surface area contributed by atoms with Gasteiger partial charge >= 0.3 is 18.0 Å². The number of aliphatic carboxylic acids is 1. The van der Waals surface area contributed by atoms with E-state index in [0.717, 1.165) is 10.5 Å². The van der Waals surface area contributed by atoms with Gasteiger partial charge in [-0.05, 0) is 12.0 Å². The zero-order chi connectivity index (χ0) is 15.7. The molecular formula is C14H17NO6. The Labute approximate surface area is 122 Å². The van der Waals surface area contributed by atoms with Gasteiger partial charge in [0, 0.05) is 13.6 Å². The van der Waals surface area contributed by atoms with Crippen LogP contribution in [0, 0.1) is 0 Å². The zero-order valence-corrected chi connectivity index (χ0v) is 11.7. The molecule has 0 bridgehead atoms. The summed E-state index contributed by atoms with van der Waals surface area (Å²) in [6, 6.07) is 9.34. The van der Waals surface area contributed by atoms with Crippen molar-refractivity contribution in [1.82, 2.24) is 4.90 Å². The van der Waals surface area contributed by atoms with Gasteiger partial charge < -0.3 is 10.0 Å². The lowest BCUT2D eigenvalue weighted by Crippen LogP contribution is -2.30. The lowest BCUT2D eigenvalue weighted by atomic mass is 10.1. The SMILES string of the molecule is CN(CCC(=O)O)C(=O)OOC(=O)CCc1ccccc1. The van der Waals surface area contributed by atoms with E-state index >= 15 is 0 Å². The first kappa shape index (κ1) is 16.5. The number of amides is 1. The molecule has 0 aliphatic heterocycles. The Balaban J connectivity index is 2.23. The number of hydrogen-bond acceptors (Lipinski definition) is 5. The summed E-state index contributed by atoms with van der Waals surface area (Å²) >= 11 is 0. The number of carboxylic acid groups (broad SMARTS) is 1. The van der Waals surface area contributed by atoms with Crippen LogP contribution in [0.4, 0.5) is 4.79 Å². The van der Waals surface area contributed by atoms with Crippen molar-refractivity contribution >= 4 is 18.0 Å². The molecule has 0 atom stereocenters. The highest BCUT2D eigenvalue weighted by molar-refractivity contribution is 5.72. The van der Waals surface area contributed by atoms with Gasteiger partial charge in [-0.3, -0.25) is 4.79 Å². The topological polar surface area (TPSA) is 93.1 Å². The van der Waals surface area contributed by atoms with Crippen LogP contribution in [-0.2, 0) is 25.8 Å². The fourth-order valence-corrected chi connectivity index (χ4v) is 1.43. The van der Waals surface area contributed by atoms with Crippen molar-refractivity contribution in [3.63, 3.8) is 0 Å². The molecule has 1 aromatic rings. The maximum atomic E-state index is 11.4. The summed E-state index contributed by atoms with van der Waals surface area (Å²) in [6.07, 6.45) is -0.570. The van der Waals surface area contributed by atoms with Crippen molar-refractivity contribution < 1.29 is 29.3 Å². The number of carbonyl (C=O) groups is 3. The monoisotopic (exact) mass is 295 g/mol. The van der Waals surface area contributed by atoms with Gasteiger partial charge in [-0.15, -0.1) is 0 Å². The Bertz CT molecular complexity index is 487. The summed E-state index contributed by atoms with van der Waals surface area (Å²) in [5, 5.41) is 8.48. The second kappa shape index (κ2) is 8.57. The van der Waals surface area contributed by atoms with Gasteiger partial charge in [-0.2, -0.15) is 0 Å². The minimum atomic E-state index is -1.03. The number of nitrogens with zero attached hydrogens (tertiary/aromatic N) is 1. The van der Waals surface area contributed by atoms with Crippen LogP contribution in [0.2, 0.25) is 0 Å². The molecule has 7 heteroatoms. The predicted octanol–water partition coefficient (Wildman–Crippen LogP) is 1.62. The Morgan fingerprint density at radius 2 is 1.76 bits per heavy atom. The van der Waals surface area contributed by atoms with Gasteiger partial charge in [-0.1, -0.05) is 30.3 Å². The van der Waals surface area contributed by atoms with E-state index in [1.165, 1.54) is 7.05 Å². The van der Waals surface area contributed by atoms with Gasteiger partial charge in [0.15, 0.2) is 0 Å². The number of aryl methyl sites for hydroxylation is 1. The van der Waals surface area contributed by atoms with Crippen LogP contribution in [-0.4, -0.2) is 41.6 Å². The van der Waals surface area contributed by atoms with E-state index in [4.69, 9.17) is 5.11 Å². The van der Waals surface area contributed by atoms with Crippen molar-refractivity contribution in [1.29, 1.82) is 0 Å². The van der Waals surface area contributed by atoms with Gasteiger partial charge in [0.05, 0.1) is 12.8 Å². The standard InChI is InChI=1S/C14H17NO6/c1-15(10-9-12(16)17)14(19)21-20-13(18)8-7-11-5-3-2-4-6-11/h2-6H,7-10H2,1H3,(H,16,17). The third kappa shape index (κ3) is 6.95. The van der Waals surface area contributed by atoms with E-state index in [0.29, 0.717) is 6.42 Å². The van der Waals surface area contributed by atoms with Crippen LogP contribution < -0.4 is 0 Å². The van der Waals surface area contributed by atoms with Crippen molar-refractivity contribution in [2.75, 3.05) is 13.6 Å². The Hall–Kier alpha value is -2.57. The van der Waals surface area contributed by atoms with Crippen molar-refractivity contribution in [3.8, 4) is 0 Å². The van der Waals surface area contributed by atoms with Gasteiger partial charge in [0.2, 0.25) is 0 Å². The quantitative estimate of drug-likeness (QED) is 0.633. The molecule has 1 N–H and O–H groups in total. The molecule has 0 radical (unpaired) electrons. The van der Waals surface area contributed by atoms with Crippen molar-refractivity contribution in [2.45, 2.75) is 19.3 Å². The Morgan fingerprint density at radius 1 is 1.10 bits per heavy atom. The average molecular weight is 295 g/mol. The van der Waals surface area contributed by atoms with E-state index < -0.39 is 18.0 Å². The Kier molecular flexibility index (Phi) is 6.73. The first-order valence-corrected chi connectivity index (χ1v) is 6.37. The molecule has 1 rings (SSSR count). The minimum Gasteiger partial charge on any atom is -0.481 e. The van der Waals surface area contributed by atoms with Crippen molar-refractivity contribution in [2.24, 2.45) is 0 Å². The molecule has 0 saturated heterocycles. The Morgan fingerprint density at radius 3 is 2.38 bits per heavy atom. The lowest BCUT2D eigenvalue weighted by molar-refractivity contribution is -0.236. The summed E-state index contributed by atoms with van der Waals surface area (Å²) in [4.78, 5) is 42.8. The molecule has 21 heavy (non-hydrogen) atoms. The van der Waals surface area contributed by atoms with Crippen LogP contribution in [0.25, 0.3) is 0 Å². The van der Waals surface area contributed by atoms with Crippen LogP contribution in [0.15, 0.2) is 30.3 Å². The highest BCUT2D eigenvalue weighted by Crippen LogP contribution is 2.04. The first-order chi connectivity index (χ1) is 9.99. The van der Waals surface area contributed by atoms with E-state index in [-0.39, 0.29) is 19.4 Å². The maximum Gasteiger partial charge on any atom is 0.452 e. The predicted molar refractivity (Wildman–Crippen MR) is 72.2 cm³/mol. The molecule has 0 unspecified atom stereocenters. The number of rotatable bonds is 6. The third-order valence-electron chi connectivity index (χ3n) is 2.64. The van der Waals surface area contributed by atoms with Crippen LogP contribution in [0.5, 0.6) is 0 Å². The number of hydrogen-bond donors (Lipinski definition) is 1. The lowest BCUT2D eigenvalue weighted by Gasteiger charge is -2.13. The molecule has 1 aromatic carbocycles. The molecule has 0 fully saturated rings. The van der Waals surface area contributed by atoms with Gasteiger partial charge in [-0.25, -0.2) is 19.4 Å². The second-order valence-electron chi connectivity index (χ2n) is 4.36. The summed E-state index contributed by atoms with van der Waals surface area (Å²) in [7, 11) is 1.35. The molecule has 0 heterocycles. The van der Waals surface area contributed by atoms with E-state index in [1.54, 1.807) is 0 Å². The van der Waals surface area contributed by atoms with Gasteiger partial charge in [0.25, 0.3) is 0 Å². The van der Waals surface area contributed by atoms with E-state index in [1.807, 2.05) is 30.3 Å². The molecule has 0 aliphatic carbocycles. The van der Waals surface area contributed by atoms with E-state index in [2.05, 4.69) is 9.78 Å². The van der Waals surface area contributed by atoms with Gasteiger partial charge in [0.1, 0.15) is 0 Å². The largest absolute Gasteiger partial charge is 0.481 e. The fourth-order valence-electron chi connectivity index (χ4n) is 1.43. The zero-order valence-electron chi connectivity index (χ0n) is 11.7. The number of carbonyl (C=O) groups excluding carboxylic acids is 2. The number of benzene rings is 1. The first-order valence-electron chi connectivity index (χ1n) is 6.37. The molecular weight excluding hydrogens is 278 g/mol. The smallest absolute Gasteiger partial charge is 0.452 e. The molecule has 0 aromatic heterocycles. The van der Waals surface area contributed by atoms with Crippen LogP contribution >= 0.6 is 0 Å². The van der Waals surface area contributed by atoms with Crippen molar-refractivity contribution in [3.05, 3.63) is 35.9 Å². The summed E-state index contributed by atoms with van der Waals surface area (Å²) in [6.45, 7) is -0.0320. The van der Waals surface area contributed by atoms with Crippen LogP contribution in [0.1, 0.15) is 18.4 Å². The highest BCUT2D eigenvalue weighted by atomic mass is 17.2. The summed E-state index contributed by atoms with van der Waals surface area (Å²) in [5.74, 6) is -1.70. The summed E-state index contributed by atoms with van der Waals surface area (Å²) < 4.78 is 0. The molecule has 0 spiro atoms. The molecule has 1 amide bonds. The van der Waals surface area contributed by atoms with E-state index in [9.17, 15) is 14.4 Å². The maximum absolute atomic E-state index is 11.4. The fraction of sp³-hybridized carbons (Fsp3) is 0.357. The average Bonchev–Trinajstić information content (AvgIpc) is 2.49. The molecule has 114 valence electrons. The molecule has 7 nitrogen and oxygen atoms in total. The molecule has 0 saturated carbocycles. The minimum absolute atomic E-state index is 0.0320. The highest BCUT2D eigenvalue weighted by Gasteiger charge is 2.15. The number of carboxylic acids is 1. The third-order valence-corrected chi connectivity index (χ3v) is 2.64. The molecule has 0 aliphatic rings.